The van der Waals surface area contributed by atoms with Crippen LogP contribution in [0.25, 0.3) is 11.3 Å². The first-order valence-electron chi connectivity index (χ1n) is 10.5. The number of benzene rings is 1. The van der Waals surface area contributed by atoms with E-state index in [1.807, 2.05) is 42.5 Å². The Morgan fingerprint density at radius 2 is 2.00 bits per heavy atom. The van der Waals surface area contributed by atoms with Crippen molar-refractivity contribution in [2.24, 2.45) is 5.92 Å². The highest BCUT2D eigenvalue weighted by Crippen LogP contribution is 2.23. The maximum absolute atomic E-state index is 12.7. The van der Waals surface area contributed by atoms with Gasteiger partial charge >= 0.3 is 0 Å². The Bertz CT molecular complexity index is 1080. The molecule has 1 aliphatic heterocycles. The van der Waals surface area contributed by atoms with Crippen molar-refractivity contribution in [2.75, 3.05) is 24.5 Å². The smallest absolute Gasteiger partial charge is 0.256 e. The molecule has 1 unspecified atom stereocenters. The van der Waals surface area contributed by atoms with Crippen LogP contribution in [0.2, 0.25) is 0 Å². The van der Waals surface area contributed by atoms with E-state index in [1.54, 1.807) is 13.1 Å². The van der Waals surface area contributed by atoms with E-state index >= 15 is 0 Å². The van der Waals surface area contributed by atoms with Crippen molar-refractivity contribution in [3.8, 4) is 11.3 Å². The van der Waals surface area contributed by atoms with Crippen LogP contribution in [0.5, 0.6) is 0 Å². The van der Waals surface area contributed by atoms with E-state index in [2.05, 4.69) is 25.4 Å². The summed E-state index contributed by atoms with van der Waals surface area (Å²) in [4.78, 5) is 30.9. The van der Waals surface area contributed by atoms with Gasteiger partial charge in [0.15, 0.2) is 5.82 Å². The molecule has 3 aromatic rings. The van der Waals surface area contributed by atoms with Crippen LogP contribution in [0.15, 0.2) is 59.8 Å². The lowest BCUT2D eigenvalue weighted by Crippen LogP contribution is -2.44. The number of anilines is 1. The molecule has 1 amide bonds. The number of hydrogen-bond acceptors (Lipinski definition) is 6. The number of nitrogens with one attached hydrogen (secondary N) is 1. The second-order valence-corrected chi connectivity index (χ2v) is 7.79. The molecule has 1 fully saturated rings. The van der Waals surface area contributed by atoms with Crippen LogP contribution in [-0.4, -0.2) is 45.3 Å². The summed E-state index contributed by atoms with van der Waals surface area (Å²) in [5.41, 5.74) is 2.37. The van der Waals surface area contributed by atoms with Gasteiger partial charge in [-0.1, -0.05) is 30.3 Å². The largest absolute Gasteiger partial charge is 0.354 e. The Balaban J connectivity index is 1.33. The van der Waals surface area contributed by atoms with Crippen LogP contribution < -0.4 is 15.8 Å². The molecular formula is C23H26N6O2. The number of aryl methyl sites for hydroxylation is 1. The zero-order chi connectivity index (χ0) is 21.6. The van der Waals surface area contributed by atoms with Gasteiger partial charge in [0.2, 0.25) is 5.91 Å². The highest BCUT2D eigenvalue weighted by Gasteiger charge is 2.26. The number of amides is 1. The van der Waals surface area contributed by atoms with Crippen molar-refractivity contribution in [3.63, 3.8) is 0 Å². The Hall–Kier alpha value is -3.55. The molecule has 2 aromatic heterocycles. The third-order valence-electron chi connectivity index (χ3n) is 5.56. The fourth-order valence-electron chi connectivity index (χ4n) is 3.82. The standard InChI is InChI=1S/C23H26N6O2/c1-17-14-24-16-29(23(17)31)13-11-25-22(30)19-8-5-12-28(15-19)21-10-9-20(26-27-21)18-6-3-2-4-7-18/h2-4,6-7,9-10,14,16,19H,5,8,11-13,15H2,1H3,(H,25,30). The van der Waals surface area contributed by atoms with E-state index < -0.39 is 0 Å². The Morgan fingerprint density at radius 1 is 1.16 bits per heavy atom. The number of carbonyl (C=O) groups is 1. The topological polar surface area (TPSA) is 93.0 Å². The van der Waals surface area contributed by atoms with E-state index in [9.17, 15) is 9.59 Å². The lowest BCUT2D eigenvalue weighted by Gasteiger charge is -2.32. The highest BCUT2D eigenvalue weighted by atomic mass is 16.2. The van der Waals surface area contributed by atoms with Crippen LogP contribution >= 0.6 is 0 Å². The van der Waals surface area contributed by atoms with E-state index in [4.69, 9.17) is 0 Å². The minimum atomic E-state index is -0.114. The summed E-state index contributed by atoms with van der Waals surface area (Å²) in [6.07, 6.45) is 4.80. The summed E-state index contributed by atoms with van der Waals surface area (Å²) >= 11 is 0. The van der Waals surface area contributed by atoms with Gasteiger partial charge in [0.05, 0.1) is 17.9 Å². The van der Waals surface area contributed by atoms with Gasteiger partial charge < -0.3 is 10.2 Å². The molecule has 1 N–H and O–H groups in total. The maximum atomic E-state index is 12.7. The summed E-state index contributed by atoms with van der Waals surface area (Å²) in [7, 11) is 0. The molecule has 0 radical (unpaired) electrons. The van der Waals surface area contributed by atoms with Crippen LogP contribution in [0.4, 0.5) is 5.82 Å². The summed E-state index contributed by atoms with van der Waals surface area (Å²) < 4.78 is 1.52. The second-order valence-electron chi connectivity index (χ2n) is 7.79. The molecule has 1 saturated heterocycles. The van der Waals surface area contributed by atoms with E-state index in [1.165, 1.54) is 10.9 Å². The summed E-state index contributed by atoms with van der Waals surface area (Å²) in [5, 5.41) is 11.7. The molecule has 0 spiro atoms. The van der Waals surface area contributed by atoms with Gasteiger partial charge in [-0.2, -0.15) is 0 Å². The molecule has 4 rings (SSSR count). The maximum Gasteiger partial charge on any atom is 0.256 e. The van der Waals surface area contributed by atoms with Crippen molar-refractivity contribution in [1.82, 2.24) is 25.1 Å². The molecule has 1 aliphatic rings. The van der Waals surface area contributed by atoms with Gasteiger partial charge in [0, 0.05) is 43.5 Å². The van der Waals surface area contributed by atoms with Gasteiger partial charge in [-0.05, 0) is 31.9 Å². The molecule has 0 aliphatic carbocycles. The molecule has 8 nitrogen and oxygen atoms in total. The molecule has 0 bridgehead atoms. The van der Waals surface area contributed by atoms with Crippen LogP contribution in [-0.2, 0) is 11.3 Å². The summed E-state index contributed by atoms with van der Waals surface area (Å²) in [5.74, 6) is 0.679. The lowest BCUT2D eigenvalue weighted by atomic mass is 9.97. The van der Waals surface area contributed by atoms with Crippen LogP contribution in [0.1, 0.15) is 18.4 Å². The van der Waals surface area contributed by atoms with Crippen LogP contribution in [0, 0.1) is 12.8 Å². The average Bonchev–Trinajstić information content (AvgIpc) is 2.82. The number of aromatic nitrogens is 4. The third kappa shape index (κ3) is 4.96. The van der Waals surface area contributed by atoms with E-state index in [0.717, 1.165) is 36.5 Å². The fourth-order valence-corrected chi connectivity index (χ4v) is 3.82. The van der Waals surface area contributed by atoms with Crippen LogP contribution in [0.3, 0.4) is 0 Å². The molecule has 1 aromatic carbocycles. The van der Waals surface area contributed by atoms with Gasteiger partial charge in [-0.3, -0.25) is 14.2 Å². The zero-order valence-electron chi connectivity index (χ0n) is 17.6. The normalized spacial score (nSPS) is 16.2. The van der Waals surface area contributed by atoms with Gasteiger partial charge in [-0.15, -0.1) is 10.2 Å². The number of rotatable bonds is 6. The first-order valence-corrected chi connectivity index (χ1v) is 10.5. The van der Waals surface area contributed by atoms with Crippen molar-refractivity contribution in [2.45, 2.75) is 26.3 Å². The number of nitrogens with zero attached hydrogens (tertiary/aromatic N) is 5. The molecule has 1 atom stereocenters. The van der Waals surface area contributed by atoms with E-state index in [0.29, 0.717) is 25.2 Å². The van der Waals surface area contributed by atoms with Crippen molar-refractivity contribution in [1.29, 1.82) is 0 Å². The fraction of sp³-hybridized carbons (Fsp3) is 0.348. The van der Waals surface area contributed by atoms with Gasteiger partial charge in [-0.25, -0.2) is 4.98 Å². The monoisotopic (exact) mass is 418 g/mol. The Labute approximate surface area is 181 Å². The number of piperidine rings is 1. The van der Waals surface area contributed by atoms with Gasteiger partial charge in [0.1, 0.15) is 0 Å². The Kier molecular flexibility index (Phi) is 6.35. The zero-order valence-corrected chi connectivity index (χ0v) is 17.6. The molecule has 0 saturated carbocycles. The molecule has 160 valence electrons. The summed E-state index contributed by atoms with van der Waals surface area (Å²) in [6, 6.07) is 13.9. The average molecular weight is 419 g/mol. The predicted molar refractivity (Wildman–Crippen MR) is 119 cm³/mol. The minimum absolute atomic E-state index is 0.00669. The third-order valence-corrected chi connectivity index (χ3v) is 5.56. The van der Waals surface area contributed by atoms with Crippen molar-refractivity contribution < 1.29 is 4.79 Å². The summed E-state index contributed by atoms with van der Waals surface area (Å²) in [6.45, 7) is 4.00. The molecule has 31 heavy (non-hydrogen) atoms. The molecule has 8 heteroatoms. The second kappa shape index (κ2) is 9.51. The van der Waals surface area contributed by atoms with Crippen molar-refractivity contribution in [3.05, 3.63) is 70.9 Å². The quantitative estimate of drug-likeness (QED) is 0.659. The first kappa shape index (κ1) is 20.7. The molecule has 3 heterocycles. The lowest BCUT2D eigenvalue weighted by molar-refractivity contribution is -0.125. The number of hydrogen-bond donors (Lipinski definition) is 1. The predicted octanol–water partition coefficient (Wildman–Crippen LogP) is 2.04. The van der Waals surface area contributed by atoms with Crippen molar-refractivity contribution >= 4 is 11.7 Å². The highest BCUT2D eigenvalue weighted by molar-refractivity contribution is 5.79. The molecular weight excluding hydrogens is 392 g/mol. The SMILES string of the molecule is Cc1cncn(CCNC(=O)C2CCCN(c3ccc(-c4ccccc4)nn3)C2)c1=O. The van der Waals surface area contributed by atoms with E-state index in [-0.39, 0.29) is 17.4 Å². The van der Waals surface area contributed by atoms with Gasteiger partial charge in [0.25, 0.3) is 5.56 Å². The Morgan fingerprint density at radius 3 is 2.77 bits per heavy atom. The first-order chi connectivity index (χ1) is 15.1. The number of carbonyl (C=O) groups excluding carboxylic acids is 1. The minimum Gasteiger partial charge on any atom is -0.354 e.